The zero-order valence-corrected chi connectivity index (χ0v) is 12.3. The van der Waals surface area contributed by atoms with Gasteiger partial charge in [0.15, 0.2) is 0 Å². The molecule has 0 fully saturated rings. The lowest BCUT2D eigenvalue weighted by molar-refractivity contribution is 0.504. The van der Waals surface area contributed by atoms with Gasteiger partial charge in [-0.15, -0.1) is 11.6 Å². The summed E-state index contributed by atoms with van der Waals surface area (Å²) in [7, 11) is 2.05. The number of hydrogen-bond donors (Lipinski definition) is 0. The molecule has 1 unspecified atom stereocenters. The first-order valence-electron chi connectivity index (χ1n) is 6.31. The Morgan fingerprint density at radius 2 is 2.00 bits per heavy atom. The van der Waals surface area contributed by atoms with Gasteiger partial charge in [0.1, 0.15) is 6.07 Å². The first-order valence-corrected chi connectivity index (χ1v) is 6.84. The van der Waals surface area contributed by atoms with Gasteiger partial charge in [-0.2, -0.15) is 5.26 Å². The largest absolute Gasteiger partial charge is 0.371 e. The quantitative estimate of drug-likeness (QED) is 0.747. The van der Waals surface area contributed by atoms with Crippen LogP contribution in [0.2, 0.25) is 0 Å². The normalized spacial score (nSPS) is 12.3. The van der Waals surface area contributed by atoms with Crippen LogP contribution in [0, 0.1) is 17.2 Å². The monoisotopic (exact) mass is 264 g/mol. The van der Waals surface area contributed by atoms with Crippen LogP contribution in [-0.4, -0.2) is 13.1 Å². The van der Waals surface area contributed by atoms with Crippen molar-refractivity contribution >= 4 is 17.3 Å². The summed E-state index contributed by atoms with van der Waals surface area (Å²) < 4.78 is 0. The van der Waals surface area contributed by atoms with Gasteiger partial charge in [0.05, 0.1) is 11.3 Å². The molecule has 0 bridgehead atoms. The summed E-state index contributed by atoms with van der Waals surface area (Å²) in [6.45, 7) is 6.62. The summed E-state index contributed by atoms with van der Waals surface area (Å²) in [4.78, 5) is 2.18. The van der Waals surface area contributed by atoms with Crippen LogP contribution in [0.4, 0.5) is 5.69 Å². The molecule has 1 aromatic carbocycles. The van der Waals surface area contributed by atoms with Crippen molar-refractivity contribution in [2.24, 2.45) is 5.92 Å². The molecule has 0 amide bonds. The van der Waals surface area contributed by atoms with Gasteiger partial charge in [-0.25, -0.2) is 0 Å². The molecule has 0 spiro atoms. The summed E-state index contributed by atoms with van der Waals surface area (Å²) in [5, 5.41) is 9.23. The number of anilines is 1. The zero-order chi connectivity index (χ0) is 13.7. The summed E-state index contributed by atoms with van der Waals surface area (Å²) in [6, 6.07) is 8.53. The van der Waals surface area contributed by atoms with E-state index in [4.69, 9.17) is 11.6 Å². The van der Waals surface area contributed by atoms with Gasteiger partial charge in [0, 0.05) is 19.0 Å². The molecule has 1 atom stereocenters. The Kier molecular flexibility index (Phi) is 5.50. The smallest absolute Gasteiger partial charge is 0.101 e. The average Bonchev–Trinajstić information content (AvgIpc) is 2.36. The molecule has 1 aromatic rings. The lowest BCUT2D eigenvalue weighted by atomic mass is 10.0. The predicted molar refractivity (Wildman–Crippen MR) is 78.0 cm³/mol. The molecule has 0 saturated carbocycles. The second-order valence-electron chi connectivity index (χ2n) is 5.19. The summed E-state index contributed by atoms with van der Waals surface area (Å²) in [5.41, 5.74) is 2.67. The van der Waals surface area contributed by atoms with Crippen molar-refractivity contribution in [2.75, 3.05) is 11.9 Å². The third kappa shape index (κ3) is 3.65. The van der Waals surface area contributed by atoms with E-state index in [0.717, 1.165) is 17.7 Å². The van der Waals surface area contributed by atoms with Crippen LogP contribution in [0.1, 0.15) is 38.3 Å². The molecule has 0 aliphatic heterocycles. The number of halogens is 1. The topological polar surface area (TPSA) is 27.0 Å². The third-order valence-corrected chi connectivity index (χ3v) is 3.50. The van der Waals surface area contributed by atoms with Crippen LogP contribution in [0.5, 0.6) is 0 Å². The van der Waals surface area contributed by atoms with Crippen LogP contribution in [0.3, 0.4) is 0 Å². The second kappa shape index (κ2) is 6.66. The van der Waals surface area contributed by atoms with E-state index >= 15 is 0 Å². The van der Waals surface area contributed by atoms with Gasteiger partial charge in [-0.05, 0) is 37.0 Å². The number of nitrogens with zero attached hydrogens (tertiary/aromatic N) is 2. The predicted octanol–water partition coefficient (Wildman–Crippen LogP) is 4.17. The third-order valence-electron chi connectivity index (χ3n) is 3.19. The molecular weight excluding hydrogens is 244 g/mol. The van der Waals surface area contributed by atoms with Gasteiger partial charge >= 0.3 is 0 Å². The molecule has 0 N–H and O–H groups in total. The standard InChI is InChI=1S/C15H21ClN2/c1-11(2)7-12(3)18(4)15-6-5-13(9-16)8-14(15)10-17/h5-6,8,11-12H,7,9H2,1-4H3. The Labute approximate surface area is 115 Å². The molecule has 0 aliphatic carbocycles. The number of nitriles is 1. The minimum atomic E-state index is 0.416. The average molecular weight is 265 g/mol. The number of rotatable bonds is 5. The van der Waals surface area contributed by atoms with E-state index in [0.29, 0.717) is 23.4 Å². The lowest BCUT2D eigenvalue weighted by Gasteiger charge is -2.29. The van der Waals surface area contributed by atoms with Crippen LogP contribution < -0.4 is 4.90 Å². The molecule has 1 rings (SSSR count). The van der Waals surface area contributed by atoms with E-state index in [1.54, 1.807) is 0 Å². The Morgan fingerprint density at radius 3 is 2.50 bits per heavy atom. The molecular formula is C15H21ClN2. The molecule has 2 nitrogen and oxygen atoms in total. The Bertz CT molecular complexity index is 435. The number of hydrogen-bond acceptors (Lipinski definition) is 2. The fourth-order valence-electron chi connectivity index (χ4n) is 2.14. The number of benzene rings is 1. The van der Waals surface area contributed by atoms with E-state index in [2.05, 4.69) is 31.7 Å². The van der Waals surface area contributed by atoms with Gasteiger partial charge in [0.25, 0.3) is 0 Å². The van der Waals surface area contributed by atoms with Crippen molar-refractivity contribution in [3.8, 4) is 6.07 Å². The molecule has 0 saturated heterocycles. The molecule has 3 heteroatoms. The van der Waals surface area contributed by atoms with Crippen LogP contribution in [-0.2, 0) is 5.88 Å². The van der Waals surface area contributed by atoms with E-state index in [1.807, 2.05) is 25.2 Å². The highest BCUT2D eigenvalue weighted by atomic mass is 35.5. The molecule has 0 aromatic heterocycles. The van der Waals surface area contributed by atoms with Crippen LogP contribution in [0.25, 0.3) is 0 Å². The van der Waals surface area contributed by atoms with Gasteiger partial charge < -0.3 is 4.90 Å². The van der Waals surface area contributed by atoms with Crippen molar-refractivity contribution < 1.29 is 0 Å². The maximum Gasteiger partial charge on any atom is 0.101 e. The Hall–Kier alpha value is -1.20. The highest BCUT2D eigenvalue weighted by Crippen LogP contribution is 2.24. The highest BCUT2D eigenvalue weighted by molar-refractivity contribution is 6.17. The maximum atomic E-state index is 9.23. The summed E-state index contributed by atoms with van der Waals surface area (Å²) >= 11 is 5.80. The van der Waals surface area contributed by atoms with E-state index in [-0.39, 0.29) is 0 Å². The maximum absolute atomic E-state index is 9.23. The van der Waals surface area contributed by atoms with Gasteiger partial charge in [-0.1, -0.05) is 19.9 Å². The van der Waals surface area contributed by atoms with Crippen molar-refractivity contribution in [3.63, 3.8) is 0 Å². The van der Waals surface area contributed by atoms with Crippen molar-refractivity contribution in [1.82, 2.24) is 0 Å². The van der Waals surface area contributed by atoms with Crippen molar-refractivity contribution in [1.29, 1.82) is 5.26 Å². The van der Waals surface area contributed by atoms with Crippen molar-refractivity contribution in [2.45, 2.75) is 39.1 Å². The molecule has 0 heterocycles. The minimum absolute atomic E-state index is 0.416. The minimum Gasteiger partial charge on any atom is -0.371 e. The summed E-state index contributed by atoms with van der Waals surface area (Å²) in [6.07, 6.45) is 1.11. The SMILES string of the molecule is CC(C)CC(C)N(C)c1ccc(CCl)cc1C#N. The second-order valence-corrected chi connectivity index (χ2v) is 5.45. The van der Waals surface area contributed by atoms with Crippen molar-refractivity contribution in [3.05, 3.63) is 29.3 Å². The molecule has 0 radical (unpaired) electrons. The fraction of sp³-hybridized carbons (Fsp3) is 0.533. The fourth-order valence-corrected chi connectivity index (χ4v) is 2.31. The molecule has 98 valence electrons. The first kappa shape index (κ1) is 14.9. The highest BCUT2D eigenvalue weighted by Gasteiger charge is 2.15. The Balaban J connectivity index is 2.98. The van der Waals surface area contributed by atoms with E-state index in [1.165, 1.54) is 0 Å². The van der Waals surface area contributed by atoms with Gasteiger partial charge in [0.2, 0.25) is 0 Å². The molecule has 0 aliphatic rings. The Morgan fingerprint density at radius 1 is 1.33 bits per heavy atom. The molecule has 18 heavy (non-hydrogen) atoms. The summed E-state index contributed by atoms with van der Waals surface area (Å²) in [5.74, 6) is 1.09. The van der Waals surface area contributed by atoms with E-state index < -0.39 is 0 Å². The van der Waals surface area contributed by atoms with Crippen LogP contribution >= 0.6 is 11.6 Å². The zero-order valence-electron chi connectivity index (χ0n) is 11.6. The van der Waals surface area contributed by atoms with E-state index in [9.17, 15) is 5.26 Å². The lowest BCUT2D eigenvalue weighted by Crippen LogP contribution is -2.30. The number of alkyl halides is 1. The van der Waals surface area contributed by atoms with Gasteiger partial charge in [-0.3, -0.25) is 0 Å². The first-order chi connectivity index (χ1) is 8.49. The van der Waals surface area contributed by atoms with Crippen LogP contribution in [0.15, 0.2) is 18.2 Å².